The third-order valence-electron chi connectivity index (χ3n) is 3.07. The van der Waals surface area contributed by atoms with Crippen LogP contribution in [0, 0.1) is 5.92 Å². The highest BCUT2D eigenvalue weighted by Gasteiger charge is 2.40. The molecular weight excluding hydrogens is 217 g/mol. The molecule has 4 heteroatoms. The second-order valence-electron chi connectivity index (χ2n) is 4.34. The molecule has 1 nitrogen and oxygen atoms in total. The number of hydrogen-bond donors (Lipinski definition) is 1. The third-order valence-corrected chi connectivity index (χ3v) is 3.07. The normalized spacial score (nSPS) is 18.5. The summed E-state index contributed by atoms with van der Waals surface area (Å²) >= 11 is 0. The van der Waals surface area contributed by atoms with Gasteiger partial charge < -0.3 is 5.11 Å². The van der Waals surface area contributed by atoms with Crippen LogP contribution in [0.4, 0.5) is 13.2 Å². The summed E-state index contributed by atoms with van der Waals surface area (Å²) in [4.78, 5) is 0. The van der Waals surface area contributed by atoms with Crippen LogP contribution in [0.15, 0.2) is 24.3 Å². The van der Waals surface area contributed by atoms with Crippen molar-refractivity contribution in [1.82, 2.24) is 0 Å². The highest BCUT2D eigenvalue weighted by Crippen LogP contribution is 2.33. The van der Waals surface area contributed by atoms with Crippen LogP contribution >= 0.6 is 0 Å². The number of hydrogen-bond acceptors (Lipinski definition) is 1. The van der Waals surface area contributed by atoms with Gasteiger partial charge in [0.15, 0.2) is 0 Å². The molecule has 1 aromatic carbocycles. The number of halogens is 3. The number of aliphatic hydroxyl groups is 1. The molecule has 1 aromatic rings. The molecule has 0 radical (unpaired) electrons. The van der Waals surface area contributed by atoms with Crippen LogP contribution in [-0.2, 0) is 12.8 Å². The van der Waals surface area contributed by atoms with Gasteiger partial charge in [0.1, 0.15) is 6.10 Å². The monoisotopic (exact) mass is 230 g/mol. The minimum absolute atomic E-state index is 0.0889. The van der Waals surface area contributed by atoms with Crippen LogP contribution in [0.2, 0.25) is 0 Å². The fourth-order valence-electron chi connectivity index (χ4n) is 2.27. The second-order valence-corrected chi connectivity index (χ2v) is 4.34. The Bertz CT molecular complexity index is 348. The van der Waals surface area contributed by atoms with Crippen LogP contribution < -0.4 is 0 Å². The van der Waals surface area contributed by atoms with Crippen molar-refractivity contribution in [2.24, 2.45) is 5.92 Å². The summed E-state index contributed by atoms with van der Waals surface area (Å²) in [7, 11) is 0. The molecule has 0 saturated heterocycles. The second kappa shape index (κ2) is 4.09. The predicted octanol–water partition coefficient (Wildman–Crippen LogP) is 2.71. The fraction of sp³-hybridized carbons (Fsp3) is 0.500. The van der Waals surface area contributed by atoms with Crippen LogP contribution in [0.1, 0.15) is 17.5 Å². The van der Waals surface area contributed by atoms with E-state index < -0.39 is 12.3 Å². The van der Waals surface area contributed by atoms with E-state index in [4.69, 9.17) is 5.11 Å². The predicted molar refractivity (Wildman–Crippen MR) is 54.0 cm³/mol. The molecule has 2 rings (SSSR count). The molecule has 0 saturated carbocycles. The first kappa shape index (κ1) is 11.5. The Hall–Kier alpha value is -1.03. The molecule has 88 valence electrons. The zero-order valence-corrected chi connectivity index (χ0v) is 8.67. The number of aliphatic hydroxyl groups excluding tert-OH is 1. The largest absolute Gasteiger partial charge is 0.414 e. The van der Waals surface area contributed by atoms with Gasteiger partial charge in [-0.3, -0.25) is 0 Å². The zero-order chi connectivity index (χ0) is 11.8. The molecule has 1 unspecified atom stereocenters. The molecular formula is C12H13F3O. The van der Waals surface area contributed by atoms with E-state index >= 15 is 0 Å². The van der Waals surface area contributed by atoms with Gasteiger partial charge in [0, 0.05) is 0 Å². The number of alkyl halides is 3. The molecule has 1 aliphatic carbocycles. The van der Waals surface area contributed by atoms with Gasteiger partial charge in [-0.15, -0.1) is 0 Å². The van der Waals surface area contributed by atoms with Gasteiger partial charge in [0.05, 0.1) is 0 Å². The topological polar surface area (TPSA) is 20.2 Å². The van der Waals surface area contributed by atoms with Crippen LogP contribution in [0.25, 0.3) is 0 Å². The molecule has 1 N–H and O–H groups in total. The molecule has 0 aliphatic heterocycles. The lowest BCUT2D eigenvalue weighted by molar-refractivity contribution is -0.208. The Balaban J connectivity index is 1.97. The minimum Gasteiger partial charge on any atom is -0.384 e. The summed E-state index contributed by atoms with van der Waals surface area (Å²) in [5.74, 6) is -0.0889. The minimum atomic E-state index is -4.49. The van der Waals surface area contributed by atoms with E-state index in [0.717, 1.165) is 11.1 Å². The van der Waals surface area contributed by atoms with Crippen molar-refractivity contribution >= 4 is 0 Å². The van der Waals surface area contributed by atoms with Gasteiger partial charge in [-0.2, -0.15) is 13.2 Å². The van der Waals surface area contributed by atoms with Crippen LogP contribution in [-0.4, -0.2) is 17.4 Å². The van der Waals surface area contributed by atoms with Crippen molar-refractivity contribution < 1.29 is 18.3 Å². The Morgan fingerprint density at radius 3 is 2.12 bits per heavy atom. The van der Waals surface area contributed by atoms with Gasteiger partial charge in [-0.1, -0.05) is 24.3 Å². The standard InChI is InChI=1S/C12H13F3O/c13-12(14,15)11(16)7-8-5-9-3-1-2-4-10(9)6-8/h1-4,8,11,16H,5-7H2. The highest BCUT2D eigenvalue weighted by molar-refractivity contribution is 5.32. The van der Waals surface area contributed by atoms with Crippen molar-refractivity contribution in [3.8, 4) is 0 Å². The van der Waals surface area contributed by atoms with Crippen LogP contribution in [0.5, 0.6) is 0 Å². The first-order valence-electron chi connectivity index (χ1n) is 5.28. The lowest BCUT2D eigenvalue weighted by atomic mass is 9.98. The SMILES string of the molecule is OC(CC1Cc2ccccc2C1)C(F)(F)F. The van der Waals surface area contributed by atoms with Gasteiger partial charge in [-0.25, -0.2) is 0 Å². The molecule has 1 aliphatic rings. The van der Waals surface area contributed by atoms with Crippen molar-refractivity contribution in [2.45, 2.75) is 31.5 Å². The number of benzene rings is 1. The molecule has 0 aromatic heterocycles. The zero-order valence-electron chi connectivity index (χ0n) is 8.67. The summed E-state index contributed by atoms with van der Waals surface area (Å²) in [6.45, 7) is 0. The number of rotatable bonds is 2. The summed E-state index contributed by atoms with van der Waals surface area (Å²) in [6, 6.07) is 7.66. The third kappa shape index (κ3) is 2.38. The van der Waals surface area contributed by atoms with Crippen molar-refractivity contribution in [3.05, 3.63) is 35.4 Å². The van der Waals surface area contributed by atoms with Gasteiger partial charge in [0.2, 0.25) is 0 Å². The summed E-state index contributed by atoms with van der Waals surface area (Å²) in [5, 5.41) is 9.00. The molecule has 0 heterocycles. The lowest BCUT2D eigenvalue weighted by Gasteiger charge is -2.17. The molecule has 16 heavy (non-hydrogen) atoms. The van der Waals surface area contributed by atoms with Crippen LogP contribution in [0.3, 0.4) is 0 Å². The smallest absolute Gasteiger partial charge is 0.384 e. The summed E-state index contributed by atoms with van der Waals surface area (Å²) < 4.78 is 36.5. The van der Waals surface area contributed by atoms with Crippen molar-refractivity contribution in [1.29, 1.82) is 0 Å². The van der Waals surface area contributed by atoms with E-state index in [1.54, 1.807) is 0 Å². The Labute approximate surface area is 91.9 Å². The highest BCUT2D eigenvalue weighted by atomic mass is 19.4. The average molecular weight is 230 g/mol. The first-order valence-corrected chi connectivity index (χ1v) is 5.28. The average Bonchev–Trinajstić information content (AvgIpc) is 2.58. The van der Waals surface area contributed by atoms with Gasteiger partial charge in [-0.05, 0) is 36.3 Å². The molecule has 0 fully saturated rings. The maximum atomic E-state index is 12.2. The van der Waals surface area contributed by atoms with E-state index in [1.165, 1.54) is 0 Å². The maximum Gasteiger partial charge on any atom is 0.414 e. The van der Waals surface area contributed by atoms with E-state index in [-0.39, 0.29) is 12.3 Å². The fourth-order valence-corrected chi connectivity index (χ4v) is 2.27. The lowest BCUT2D eigenvalue weighted by Crippen LogP contribution is -2.30. The van der Waals surface area contributed by atoms with Crippen molar-refractivity contribution in [3.63, 3.8) is 0 Å². The van der Waals surface area contributed by atoms with Gasteiger partial charge >= 0.3 is 6.18 Å². The van der Waals surface area contributed by atoms with E-state index in [2.05, 4.69) is 0 Å². The molecule has 1 atom stereocenters. The van der Waals surface area contributed by atoms with E-state index in [0.29, 0.717) is 12.8 Å². The first-order chi connectivity index (χ1) is 7.47. The molecule has 0 bridgehead atoms. The Kier molecular flexibility index (Phi) is 2.93. The van der Waals surface area contributed by atoms with E-state index in [9.17, 15) is 13.2 Å². The van der Waals surface area contributed by atoms with E-state index in [1.807, 2.05) is 24.3 Å². The quantitative estimate of drug-likeness (QED) is 0.828. The molecule has 0 amide bonds. The summed E-state index contributed by atoms with van der Waals surface area (Å²) in [6.07, 6.45) is -5.59. The number of fused-ring (bicyclic) bond motifs is 1. The summed E-state index contributed by atoms with van der Waals surface area (Å²) in [5.41, 5.74) is 2.23. The maximum absolute atomic E-state index is 12.2. The Morgan fingerprint density at radius 1 is 1.19 bits per heavy atom. The molecule has 0 spiro atoms. The van der Waals surface area contributed by atoms with Gasteiger partial charge in [0.25, 0.3) is 0 Å². The van der Waals surface area contributed by atoms with Crippen molar-refractivity contribution in [2.75, 3.05) is 0 Å². The Morgan fingerprint density at radius 2 is 1.69 bits per heavy atom.